The summed E-state index contributed by atoms with van der Waals surface area (Å²) < 4.78 is 0. The highest BCUT2D eigenvalue weighted by atomic mass is 14.2. The molecule has 1 saturated carbocycles. The maximum absolute atomic E-state index is 2.38. The zero-order valence-corrected chi connectivity index (χ0v) is 6.69. The average Bonchev–Trinajstić information content (AvgIpc) is 1.90. The maximum atomic E-state index is 2.38. The van der Waals surface area contributed by atoms with Crippen molar-refractivity contribution in [3.63, 3.8) is 0 Å². The van der Waals surface area contributed by atoms with Crippen molar-refractivity contribution in [2.45, 2.75) is 46.0 Å². The Morgan fingerprint density at radius 3 is 2.11 bits per heavy atom. The standard InChI is InChI=1S/C9H18/c1-3-9-6-4-8(2)5-7-9/h8-9H,3-7H2,1-2H3/t8-,9-. The van der Waals surface area contributed by atoms with E-state index in [4.69, 9.17) is 0 Å². The van der Waals surface area contributed by atoms with Crippen LogP contribution in [0.5, 0.6) is 0 Å². The molecule has 0 heterocycles. The molecule has 0 N–H and O–H groups in total. The number of hydrogen-bond donors (Lipinski definition) is 0. The summed E-state index contributed by atoms with van der Waals surface area (Å²) in [5.74, 6) is 2.09. The van der Waals surface area contributed by atoms with Gasteiger partial charge >= 0.3 is 0 Å². The van der Waals surface area contributed by atoms with Crippen molar-refractivity contribution in [2.75, 3.05) is 0 Å². The van der Waals surface area contributed by atoms with Gasteiger partial charge in [-0.2, -0.15) is 0 Å². The van der Waals surface area contributed by atoms with Crippen LogP contribution in [0, 0.1) is 11.8 Å². The van der Waals surface area contributed by atoms with Crippen LogP contribution in [0.3, 0.4) is 0 Å². The molecule has 0 atom stereocenters. The molecule has 54 valence electrons. The SMILES string of the molecule is CC[C@H]1CC[C@H](C)CC1. The Balaban J connectivity index is 2.18. The van der Waals surface area contributed by atoms with E-state index in [0.29, 0.717) is 0 Å². The fraction of sp³-hybridized carbons (Fsp3) is 1.00. The van der Waals surface area contributed by atoms with E-state index in [9.17, 15) is 0 Å². The lowest BCUT2D eigenvalue weighted by Gasteiger charge is -2.24. The summed E-state index contributed by atoms with van der Waals surface area (Å²) in [7, 11) is 0. The quantitative estimate of drug-likeness (QED) is 0.506. The zero-order chi connectivity index (χ0) is 6.69. The van der Waals surface area contributed by atoms with Gasteiger partial charge in [-0.25, -0.2) is 0 Å². The lowest BCUT2D eigenvalue weighted by molar-refractivity contribution is 0.284. The molecule has 0 aromatic heterocycles. The van der Waals surface area contributed by atoms with Gasteiger partial charge in [0.05, 0.1) is 0 Å². The minimum absolute atomic E-state index is 1.02. The Bertz CT molecular complexity index is 68.1. The molecule has 0 unspecified atom stereocenters. The highest BCUT2D eigenvalue weighted by Crippen LogP contribution is 2.29. The molecule has 0 bridgehead atoms. The van der Waals surface area contributed by atoms with Crippen molar-refractivity contribution in [3.8, 4) is 0 Å². The predicted molar refractivity (Wildman–Crippen MR) is 41.4 cm³/mol. The van der Waals surface area contributed by atoms with Crippen molar-refractivity contribution in [2.24, 2.45) is 11.8 Å². The molecule has 1 aliphatic carbocycles. The van der Waals surface area contributed by atoms with Crippen molar-refractivity contribution < 1.29 is 0 Å². The van der Waals surface area contributed by atoms with Gasteiger partial charge in [0.2, 0.25) is 0 Å². The largest absolute Gasteiger partial charge is 0.0651 e. The summed E-state index contributed by atoms with van der Waals surface area (Å²) in [4.78, 5) is 0. The zero-order valence-electron chi connectivity index (χ0n) is 6.69. The van der Waals surface area contributed by atoms with Gasteiger partial charge in [-0.1, -0.05) is 46.0 Å². The maximum Gasteiger partial charge on any atom is -0.0417 e. The van der Waals surface area contributed by atoms with Crippen LogP contribution in [0.1, 0.15) is 46.0 Å². The van der Waals surface area contributed by atoms with E-state index in [1.165, 1.54) is 32.1 Å². The molecule has 0 heteroatoms. The van der Waals surface area contributed by atoms with Gasteiger partial charge in [0.25, 0.3) is 0 Å². The molecule has 0 aromatic carbocycles. The van der Waals surface area contributed by atoms with E-state index in [-0.39, 0.29) is 0 Å². The molecular weight excluding hydrogens is 108 g/mol. The molecular formula is C9H18. The highest BCUT2D eigenvalue weighted by molar-refractivity contribution is 4.68. The Kier molecular flexibility index (Phi) is 2.56. The summed E-state index contributed by atoms with van der Waals surface area (Å²) >= 11 is 0. The third kappa shape index (κ3) is 2.00. The third-order valence-electron chi connectivity index (χ3n) is 2.71. The van der Waals surface area contributed by atoms with Crippen LogP contribution in [0.15, 0.2) is 0 Å². The molecule has 0 radical (unpaired) electrons. The van der Waals surface area contributed by atoms with Gasteiger partial charge in [0.15, 0.2) is 0 Å². The van der Waals surface area contributed by atoms with Crippen molar-refractivity contribution in [1.82, 2.24) is 0 Å². The van der Waals surface area contributed by atoms with Gasteiger partial charge < -0.3 is 0 Å². The summed E-state index contributed by atoms with van der Waals surface area (Å²) in [5, 5.41) is 0. The summed E-state index contributed by atoms with van der Waals surface area (Å²) in [6, 6.07) is 0. The predicted octanol–water partition coefficient (Wildman–Crippen LogP) is 3.22. The van der Waals surface area contributed by atoms with E-state index in [1.54, 1.807) is 0 Å². The van der Waals surface area contributed by atoms with E-state index >= 15 is 0 Å². The Labute approximate surface area is 58.7 Å². The highest BCUT2D eigenvalue weighted by Gasteiger charge is 2.15. The first-order valence-electron chi connectivity index (χ1n) is 4.33. The Hall–Kier alpha value is 0. The normalized spacial score (nSPS) is 36.7. The molecule has 0 amide bonds. The molecule has 0 aliphatic heterocycles. The first-order chi connectivity index (χ1) is 4.33. The van der Waals surface area contributed by atoms with Gasteiger partial charge in [0, 0.05) is 0 Å². The molecule has 0 nitrogen and oxygen atoms in total. The van der Waals surface area contributed by atoms with E-state index in [2.05, 4.69) is 13.8 Å². The topological polar surface area (TPSA) is 0 Å². The monoisotopic (exact) mass is 126 g/mol. The smallest absolute Gasteiger partial charge is 0.0417 e. The lowest BCUT2D eigenvalue weighted by atomic mass is 9.82. The second-order valence-corrected chi connectivity index (χ2v) is 3.53. The molecule has 9 heavy (non-hydrogen) atoms. The second kappa shape index (κ2) is 3.24. The van der Waals surface area contributed by atoms with Crippen LogP contribution in [0.25, 0.3) is 0 Å². The molecule has 1 fully saturated rings. The second-order valence-electron chi connectivity index (χ2n) is 3.53. The van der Waals surface area contributed by atoms with E-state index < -0.39 is 0 Å². The minimum atomic E-state index is 1.02. The van der Waals surface area contributed by atoms with E-state index in [1.807, 2.05) is 0 Å². The minimum Gasteiger partial charge on any atom is -0.0651 e. The van der Waals surface area contributed by atoms with Crippen LogP contribution in [0.2, 0.25) is 0 Å². The van der Waals surface area contributed by atoms with Crippen LogP contribution in [0.4, 0.5) is 0 Å². The first-order valence-corrected chi connectivity index (χ1v) is 4.33. The summed E-state index contributed by atoms with van der Waals surface area (Å²) in [5.41, 5.74) is 0. The van der Waals surface area contributed by atoms with Gasteiger partial charge in [-0.3, -0.25) is 0 Å². The fourth-order valence-electron chi connectivity index (χ4n) is 1.74. The lowest BCUT2D eigenvalue weighted by Crippen LogP contribution is -2.10. The van der Waals surface area contributed by atoms with Crippen LogP contribution in [-0.2, 0) is 0 Å². The molecule has 1 rings (SSSR count). The molecule has 0 saturated heterocycles. The van der Waals surface area contributed by atoms with Crippen LogP contribution < -0.4 is 0 Å². The van der Waals surface area contributed by atoms with Gasteiger partial charge in [0.1, 0.15) is 0 Å². The van der Waals surface area contributed by atoms with Crippen molar-refractivity contribution >= 4 is 0 Å². The fourth-order valence-corrected chi connectivity index (χ4v) is 1.74. The summed E-state index contributed by atoms with van der Waals surface area (Å²) in [6.45, 7) is 4.70. The summed E-state index contributed by atoms with van der Waals surface area (Å²) in [6.07, 6.45) is 7.37. The molecule has 1 aliphatic rings. The Morgan fingerprint density at radius 1 is 1.11 bits per heavy atom. The van der Waals surface area contributed by atoms with E-state index in [0.717, 1.165) is 11.8 Å². The van der Waals surface area contributed by atoms with Crippen LogP contribution in [-0.4, -0.2) is 0 Å². The van der Waals surface area contributed by atoms with Crippen molar-refractivity contribution in [1.29, 1.82) is 0 Å². The molecule has 0 spiro atoms. The van der Waals surface area contributed by atoms with Gasteiger partial charge in [-0.05, 0) is 11.8 Å². The van der Waals surface area contributed by atoms with Crippen molar-refractivity contribution in [3.05, 3.63) is 0 Å². The van der Waals surface area contributed by atoms with Crippen LogP contribution >= 0.6 is 0 Å². The number of rotatable bonds is 1. The Morgan fingerprint density at radius 2 is 1.67 bits per heavy atom. The molecule has 0 aromatic rings. The number of hydrogen-bond acceptors (Lipinski definition) is 0. The average molecular weight is 126 g/mol. The van der Waals surface area contributed by atoms with Gasteiger partial charge in [-0.15, -0.1) is 0 Å². The first kappa shape index (κ1) is 7.11. The third-order valence-corrected chi connectivity index (χ3v) is 2.71.